The molecule has 252 valence electrons. The third-order valence-electron chi connectivity index (χ3n) is 10.2. The summed E-state index contributed by atoms with van der Waals surface area (Å²) in [5.41, 5.74) is 25.2. The van der Waals surface area contributed by atoms with Gasteiger partial charge in [-0.15, -0.1) is 0 Å². The molecule has 0 bridgehead atoms. The van der Waals surface area contributed by atoms with E-state index in [9.17, 15) is 0 Å². The van der Waals surface area contributed by atoms with Gasteiger partial charge in [-0.2, -0.15) is 0 Å². The van der Waals surface area contributed by atoms with Gasteiger partial charge in [0.25, 0.3) is 0 Å². The number of aryl methyl sites for hydroxylation is 4. The molecule has 0 aliphatic heterocycles. The normalized spacial score (nSPS) is 12.7. The van der Waals surface area contributed by atoms with E-state index < -0.39 is 0 Å². The molecule has 0 aliphatic rings. The van der Waals surface area contributed by atoms with Crippen LogP contribution in [0.15, 0.2) is 84.9 Å². The van der Waals surface area contributed by atoms with E-state index in [-0.39, 0.29) is 0 Å². The van der Waals surface area contributed by atoms with Crippen LogP contribution < -0.4 is 11.5 Å². The highest BCUT2D eigenvalue weighted by Crippen LogP contribution is 2.35. The first-order chi connectivity index (χ1) is 22.9. The molecule has 0 radical (unpaired) electrons. The van der Waals surface area contributed by atoms with Crippen molar-refractivity contribution in [1.29, 1.82) is 0 Å². The molecule has 0 aromatic heterocycles. The lowest BCUT2D eigenvalue weighted by atomic mass is 9.84. The van der Waals surface area contributed by atoms with Crippen LogP contribution in [0.25, 0.3) is 0 Å². The summed E-state index contributed by atoms with van der Waals surface area (Å²) in [6.45, 7) is 8.98. The van der Waals surface area contributed by atoms with Crippen LogP contribution in [-0.2, 0) is 12.8 Å². The van der Waals surface area contributed by atoms with Gasteiger partial charge in [-0.05, 0) is 121 Å². The Bertz CT molecular complexity index is 1350. The predicted octanol–water partition coefficient (Wildman–Crippen LogP) is 12.6. The molecule has 4 aromatic carbocycles. The summed E-state index contributed by atoms with van der Waals surface area (Å²) in [5.74, 6) is 0.903. The van der Waals surface area contributed by atoms with Crippen molar-refractivity contribution in [3.05, 3.63) is 129 Å². The van der Waals surface area contributed by atoms with Gasteiger partial charge in [0.1, 0.15) is 0 Å². The number of anilines is 2. The maximum atomic E-state index is 6.07. The molecule has 2 atom stereocenters. The number of benzene rings is 4. The van der Waals surface area contributed by atoms with Gasteiger partial charge >= 0.3 is 0 Å². The lowest BCUT2D eigenvalue weighted by Crippen LogP contribution is -2.05. The minimum atomic E-state index is 0.451. The van der Waals surface area contributed by atoms with Crippen LogP contribution in [0, 0.1) is 13.8 Å². The smallest absolute Gasteiger partial charge is 0.0316 e. The van der Waals surface area contributed by atoms with Crippen molar-refractivity contribution in [1.82, 2.24) is 0 Å². The van der Waals surface area contributed by atoms with Crippen LogP contribution in [-0.4, -0.2) is 0 Å². The first-order valence-electron chi connectivity index (χ1n) is 18.8. The van der Waals surface area contributed by atoms with Gasteiger partial charge < -0.3 is 11.5 Å². The van der Waals surface area contributed by atoms with Crippen molar-refractivity contribution in [2.24, 2.45) is 0 Å². The molecule has 4 rings (SSSR count). The average molecular weight is 631 g/mol. The number of nitrogen functional groups attached to an aromatic ring is 2. The van der Waals surface area contributed by atoms with E-state index in [0.717, 1.165) is 11.4 Å². The second-order valence-corrected chi connectivity index (χ2v) is 14.1. The standard InChI is InChI=1S/C45H62N2/c1-5-7-12-18-44(42-30-28-40(46)32-34(42)3)38-24-20-36(21-25-38)16-14-10-9-11-15-17-37-22-26-39(27-23-37)45(19-13-8-6-2)43-31-29-41(47)33-35(43)4/h20-33,44-45H,5-19,46-47H2,1-4H3. The monoisotopic (exact) mass is 630 g/mol. The molecule has 0 heterocycles. The maximum absolute atomic E-state index is 6.07. The average Bonchev–Trinajstić information content (AvgIpc) is 3.06. The Morgan fingerprint density at radius 3 is 1.19 bits per heavy atom. The molecule has 2 heteroatoms. The van der Waals surface area contributed by atoms with E-state index in [1.807, 2.05) is 0 Å². The molecule has 2 nitrogen and oxygen atoms in total. The molecule has 0 spiro atoms. The third-order valence-corrected chi connectivity index (χ3v) is 10.2. The van der Waals surface area contributed by atoms with Crippen molar-refractivity contribution < 1.29 is 0 Å². The maximum Gasteiger partial charge on any atom is 0.0316 e. The minimum Gasteiger partial charge on any atom is -0.399 e. The Morgan fingerprint density at radius 2 is 0.830 bits per heavy atom. The highest BCUT2D eigenvalue weighted by atomic mass is 14.5. The molecule has 0 saturated carbocycles. The van der Waals surface area contributed by atoms with Crippen molar-refractivity contribution >= 4 is 11.4 Å². The first-order valence-corrected chi connectivity index (χ1v) is 18.8. The van der Waals surface area contributed by atoms with Crippen molar-refractivity contribution in [3.8, 4) is 0 Å². The molecule has 47 heavy (non-hydrogen) atoms. The summed E-state index contributed by atoms with van der Waals surface area (Å²) >= 11 is 0. The Morgan fingerprint density at radius 1 is 0.447 bits per heavy atom. The zero-order valence-electron chi connectivity index (χ0n) is 30.0. The Labute approximate surface area is 287 Å². The van der Waals surface area contributed by atoms with Crippen molar-refractivity contribution in [3.63, 3.8) is 0 Å². The van der Waals surface area contributed by atoms with E-state index in [1.54, 1.807) is 0 Å². The van der Waals surface area contributed by atoms with Crippen molar-refractivity contribution in [2.75, 3.05) is 11.5 Å². The number of hydrogen-bond acceptors (Lipinski definition) is 2. The van der Waals surface area contributed by atoms with Gasteiger partial charge in [-0.25, -0.2) is 0 Å². The van der Waals surface area contributed by atoms with Gasteiger partial charge in [-0.3, -0.25) is 0 Å². The third kappa shape index (κ3) is 11.3. The van der Waals surface area contributed by atoms with Crippen LogP contribution in [0.4, 0.5) is 11.4 Å². The van der Waals surface area contributed by atoms with Crippen LogP contribution in [0.3, 0.4) is 0 Å². The van der Waals surface area contributed by atoms with Gasteiger partial charge in [0.2, 0.25) is 0 Å². The van der Waals surface area contributed by atoms with Crippen LogP contribution in [0.5, 0.6) is 0 Å². The largest absolute Gasteiger partial charge is 0.399 e. The topological polar surface area (TPSA) is 52.0 Å². The lowest BCUT2D eigenvalue weighted by molar-refractivity contribution is 0.610. The van der Waals surface area contributed by atoms with E-state index in [2.05, 4.69) is 113 Å². The molecule has 0 saturated heterocycles. The van der Waals surface area contributed by atoms with Crippen LogP contribution >= 0.6 is 0 Å². The summed E-state index contributed by atoms with van der Waals surface area (Å²) in [7, 11) is 0. The molecule has 4 aromatic rings. The predicted molar refractivity (Wildman–Crippen MR) is 207 cm³/mol. The fourth-order valence-electron chi connectivity index (χ4n) is 7.40. The quantitative estimate of drug-likeness (QED) is 0.0754. The highest BCUT2D eigenvalue weighted by molar-refractivity contribution is 5.49. The van der Waals surface area contributed by atoms with E-state index in [0.29, 0.717) is 11.8 Å². The molecule has 0 aliphatic carbocycles. The second kappa shape index (κ2) is 19.3. The lowest BCUT2D eigenvalue weighted by Gasteiger charge is -2.21. The summed E-state index contributed by atoms with van der Waals surface area (Å²) in [6.07, 6.45) is 18.9. The molecule has 4 N–H and O–H groups in total. The fraction of sp³-hybridized carbons (Fsp3) is 0.467. The second-order valence-electron chi connectivity index (χ2n) is 14.1. The Balaban J connectivity index is 1.21. The van der Waals surface area contributed by atoms with Crippen LogP contribution in [0.2, 0.25) is 0 Å². The van der Waals surface area contributed by atoms with Gasteiger partial charge in [0.15, 0.2) is 0 Å². The SMILES string of the molecule is CCCCCC(c1ccc(CCCCCCCc2ccc(C(CCCCC)c3ccc(N)cc3C)cc2)cc1)c1ccc(N)cc1C. The van der Waals surface area contributed by atoms with E-state index in [4.69, 9.17) is 11.5 Å². The number of nitrogens with two attached hydrogens (primary N) is 2. The molecule has 0 amide bonds. The van der Waals surface area contributed by atoms with Crippen molar-refractivity contribution in [2.45, 2.75) is 136 Å². The summed E-state index contributed by atoms with van der Waals surface area (Å²) < 4.78 is 0. The number of hydrogen-bond donors (Lipinski definition) is 2. The highest BCUT2D eigenvalue weighted by Gasteiger charge is 2.18. The van der Waals surface area contributed by atoms with Gasteiger partial charge in [-0.1, -0.05) is 132 Å². The summed E-state index contributed by atoms with van der Waals surface area (Å²) in [4.78, 5) is 0. The number of unbranched alkanes of at least 4 members (excludes halogenated alkanes) is 8. The molecule has 0 fully saturated rings. The zero-order valence-corrected chi connectivity index (χ0v) is 30.0. The molecular weight excluding hydrogens is 569 g/mol. The number of rotatable bonds is 20. The first kappa shape index (κ1) is 36.3. The van der Waals surface area contributed by atoms with Gasteiger partial charge in [0, 0.05) is 23.2 Å². The molecular formula is C45H62N2. The zero-order chi connectivity index (χ0) is 33.4. The van der Waals surface area contributed by atoms with Gasteiger partial charge in [0.05, 0.1) is 0 Å². The van der Waals surface area contributed by atoms with E-state index in [1.165, 1.54) is 141 Å². The van der Waals surface area contributed by atoms with E-state index >= 15 is 0 Å². The Kier molecular flexibility index (Phi) is 14.9. The Hall–Kier alpha value is -3.52. The fourth-order valence-corrected chi connectivity index (χ4v) is 7.40. The minimum absolute atomic E-state index is 0.451. The summed E-state index contributed by atoms with van der Waals surface area (Å²) in [5, 5.41) is 0. The summed E-state index contributed by atoms with van der Waals surface area (Å²) in [6, 6.07) is 31.9. The molecule has 2 unspecified atom stereocenters. The van der Waals surface area contributed by atoms with Crippen LogP contribution in [0.1, 0.15) is 154 Å².